The van der Waals surface area contributed by atoms with Crippen LogP contribution in [-0.4, -0.2) is 20.2 Å². The van der Waals surface area contributed by atoms with E-state index in [-0.39, 0.29) is 12.1 Å². The van der Waals surface area contributed by atoms with Crippen LogP contribution in [0.25, 0.3) is 0 Å². The molecule has 2 aromatic rings. The number of rotatable bonds is 7. The van der Waals surface area contributed by atoms with Gasteiger partial charge in [-0.3, -0.25) is 0 Å². The van der Waals surface area contributed by atoms with Crippen molar-refractivity contribution in [2.45, 2.75) is 12.3 Å². The number of alkyl halides is 2. The SMILES string of the molecule is COc1ccccc1CCNCC(F)(F)c1ccccc1. The highest BCUT2D eigenvalue weighted by molar-refractivity contribution is 5.33. The van der Waals surface area contributed by atoms with Gasteiger partial charge in [0.15, 0.2) is 0 Å². The van der Waals surface area contributed by atoms with Gasteiger partial charge in [-0.25, -0.2) is 0 Å². The van der Waals surface area contributed by atoms with E-state index < -0.39 is 5.92 Å². The molecule has 0 saturated carbocycles. The molecular formula is C17H19F2NO. The number of halogens is 2. The fraction of sp³-hybridized carbons (Fsp3) is 0.294. The lowest BCUT2D eigenvalue weighted by Crippen LogP contribution is -2.32. The van der Waals surface area contributed by atoms with Crippen LogP contribution in [0, 0.1) is 0 Å². The third kappa shape index (κ3) is 4.26. The van der Waals surface area contributed by atoms with E-state index in [4.69, 9.17) is 4.74 Å². The van der Waals surface area contributed by atoms with Crippen molar-refractivity contribution in [2.75, 3.05) is 20.2 Å². The Morgan fingerprint density at radius 1 is 1.00 bits per heavy atom. The first-order valence-electron chi connectivity index (χ1n) is 6.89. The lowest BCUT2D eigenvalue weighted by Gasteiger charge is -2.17. The minimum absolute atomic E-state index is 0.0368. The first-order chi connectivity index (χ1) is 10.1. The molecule has 21 heavy (non-hydrogen) atoms. The summed E-state index contributed by atoms with van der Waals surface area (Å²) < 4.78 is 33.1. The van der Waals surface area contributed by atoms with Crippen LogP contribution in [0.3, 0.4) is 0 Å². The standard InChI is InChI=1S/C17H19F2NO/c1-21-16-10-6-5-7-14(16)11-12-20-13-17(18,19)15-8-3-2-4-9-15/h2-10,20H,11-13H2,1H3. The van der Waals surface area contributed by atoms with Crippen LogP contribution in [-0.2, 0) is 12.3 Å². The third-order valence-electron chi connectivity index (χ3n) is 3.31. The Hall–Kier alpha value is -1.94. The Balaban J connectivity index is 1.84. The molecule has 2 rings (SSSR count). The molecule has 112 valence electrons. The molecule has 0 bridgehead atoms. The molecule has 0 atom stereocenters. The minimum atomic E-state index is -2.86. The van der Waals surface area contributed by atoms with Crippen molar-refractivity contribution in [3.05, 3.63) is 65.7 Å². The second-order valence-corrected chi connectivity index (χ2v) is 4.81. The molecule has 0 amide bonds. The second-order valence-electron chi connectivity index (χ2n) is 4.81. The first-order valence-corrected chi connectivity index (χ1v) is 6.89. The highest BCUT2D eigenvalue weighted by Gasteiger charge is 2.30. The molecule has 0 aliphatic heterocycles. The first kappa shape index (κ1) is 15.4. The summed E-state index contributed by atoms with van der Waals surface area (Å²) in [6.45, 7) is 0.106. The predicted octanol–water partition coefficient (Wildman–Crippen LogP) is 3.62. The highest BCUT2D eigenvalue weighted by Crippen LogP contribution is 2.26. The predicted molar refractivity (Wildman–Crippen MR) is 79.9 cm³/mol. The van der Waals surface area contributed by atoms with Crippen LogP contribution in [0.15, 0.2) is 54.6 Å². The fourth-order valence-corrected chi connectivity index (χ4v) is 2.16. The van der Waals surface area contributed by atoms with Crippen molar-refractivity contribution >= 4 is 0 Å². The van der Waals surface area contributed by atoms with Gasteiger partial charge in [-0.15, -0.1) is 0 Å². The number of methoxy groups -OCH3 is 1. The van der Waals surface area contributed by atoms with Gasteiger partial charge in [0.25, 0.3) is 5.92 Å². The van der Waals surface area contributed by atoms with E-state index in [2.05, 4.69) is 5.32 Å². The summed E-state index contributed by atoms with van der Waals surface area (Å²) in [4.78, 5) is 0. The summed E-state index contributed by atoms with van der Waals surface area (Å²) in [6.07, 6.45) is 0.648. The van der Waals surface area contributed by atoms with E-state index in [1.165, 1.54) is 12.1 Å². The Morgan fingerprint density at radius 2 is 1.67 bits per heavy atom. The van der Waals surface area contributed by atoms with Gasteiger partial charge in [0.05, 0.1) is 13.7 Å². The summed E-state index contributed by atoms with van der Waals surface area (Å²) in [5, 5.41) is 2.82. The average molecular weight is 291 g/mol. The van der Waals surface area contributed by atoms with Crippen molar-refractivity contribution in [2.24, 2.45) is 0 Å². The molecule has 0 heterocycles. The number of para-hydroxylation sites is 1. The van der Waals surface area contributed by atoms with Gasteiger partial charge in [0.1, 0.15) is 5.75 Å². The average Bonchev–Trinajstić information content (AvgIpc) is 2.53. The van der Waals surface area contributed by atoms with Crippen LogP contribution in [0.1, 0.15) is 11.1 Å². The van der Waals surface area contributed by atoms with Gasteiger partial charge in [-0.2, -0.15) is 8.78 Å². The van der Waals surface area contributed by atoms with E-state index in [9.17, 15) is 8.78 Å². The molecule has 0 aromatic heterocycles. The van der Waals surface area contributed by atoms with E-state index in [1.54, 1.807) is 25.3 Å². The van der Waals surface area contributed by atoms with Gasteiger partial charge in [-0.05, 0) is 24.6 Å². The topological polar surface area (TPSA) is 21.3 Å². The molecule has 2 nitrogen and oxygen atoms in total. The lowest BCUT2D eigenvalue weighted by atomic mass is 10.1. The molecule has 1 N–H and O–H groups in total. The second kappa shape index (κ2) is 7.18. The fourth-order valence-electron chi connectivity index (χ4n) is 2.16. The van der Waals surface area contributed by atoms with E-state index in [0.717, 1.165) is 11.3 Å². The molecule has 0 unspecified atom stereocenters. The van der Waals surface area contributed by atoms with Crippen molar-refractivity contribution in [3.8, 4) is 5.75 Å². The van der Waals surface area contributed by atoms with Crippen LogP contribution in [0.4, 0.5) is 8.78 Å². The van der Waals surface area contributed by atoms with Gasteiger partial charge in [0, 0.05) is 5.56 Å². The van der Waals surface area contributed by atoms with Gasteiger partial charge in [-0.1, -0.05) is 48.5 Å². The van der Waals surface area contributed by atoms with Crippen LogP contribution >= 0.6 is 0 Å². The number of hydrogen-bond acceptors (Lipinski definition) is 2. The summed E-state index contributed by atoms with van der Waals surface area (Å²) in [7, 11) is 1.61. The van der Waals surface area contributed by atoms with Gasteiger partial charge >= 0.3 is 0 Å². The van der Waals surface area contributed by atoms with Crippen LogP contribution in [0.5, 0.6) is 5.75 Å². The van der Waals surface area contributed by atoms with Crippen molar-refractivity contribution in [3.63, 3.8) is 0 Å². The molecule has 0 aliphatic rings. The maximum absolute atomic E-state index is 13.9. The number of hydrogen-bond donors (Lipinski definition) is 1. The van der Waals surface area contributed by atoms with Crippen molar-refractivity contribution in [1.82, 2.24) is 5.32 Å². The molecule has 0 fully saturated rings. The largest absolute Gasteiger partial charge is 0.496 e. The number of nitrogens with one attached hydrogen (secondary N) is 1. The lowest BCUT2D eigenvalue weighted by molar-refractivity contribution is -0.00286. The number of benzene rings is 2. The maximum Gasteiger partial charge on any atom is 0.285 e. The molecule has 0 saturated heterocycles. The summed E-state index contributed by atoms with van der Waals surface area (Å²) >= 11 is 0. The smallest absolute Gasteiger partial charge is 0.285 e. The summed E-state index contributed by atoms with van der Waals surface area (Å²) in [5.74, 6) is -2.07. The maximum atomic E-state index is 13.9. The van der Waals surface area contributed by atoms with Crippen LogP contribution in [0.2, 0.25) is 0 Å². The normalized spacial score (nSPS) is 11.4. The molecule has 0 spiro atoms. The Morgan fingerprint density at radius 3 is 2.38 bits per heavy atom. The molecule has 0 radical (unpaired) electrons. The summed E-state index contributed by atoms with van der Waals surface area (Å²) in [6, 6.07) is 15.5. The summed E-state index contributed by atoms with van der Waals surface area (Å²) in [5.41, 5.74) is 1.05. The van der Waals surface area contributed by atoms with Gasteiger partial charge < -0.3 is 10.1 Å². The van der Waals surface area contributed by atoms with Crippen molar-refractivity contribution in [1.29, 1.82) is 0 Å². The Kier molecular flexibility index (Phi) is 5.28. The Bertz CT molecular complexity index is 558. The Labute approximate surface area is 123 Å². The van der Waals surface area contributed by atoms with Crippen LogP contribution < -0.4 is 10.1 Å². The van der Waals surface area contributed by atoms with E-state index in [1.807, 2.05) is 24.3 Å². The molecular weight excluding hydrogens is 272 g/mol. The zero-order valence-corrected chi connectivity index (χ0v) is 12.0. The minimum Gasteiger partial charge on any atom is -0.496 e. The third-order valence-corrected chi connectivity index (χ3v) is 3.31. The van der Waals surface area contributed by atoms with E-state index in [0.29, 0.717) is 13.0 Å². The molecule has 0 aliphatic carbocycles. The van der Waals surface area contributed by atoms with Crippen molar-refractivity contribution < 1.29 is 13.5 Å². The highest BCUT2D eigenvalue weighted by atomic mass is 19.3. The van der Waals surface area contributed by atoms with Gasteiger partial charge in [0.2, 0.25) is 0 Å². The zero-order valence-electron chi connectivity index (χ0n) is 12.0. The molecule has 2 aromatic carbocycles. The quantitative estimate of drug-likeness (QED) is 0.787. The monoisotopic (exact) mass is 291 g/mol. The molecule has 4 heteroatoms. The zero-order chi connectivity index (χ0) is 15.1. The van der Waals surface area contributed by atoms with E-state index >= 15 is 0 Å². The number of ether oxygens (including phenoxy) is 1.